The van der Waals surface area contributed by atoms with E-state index >= 15 is 0 Å². The summed E-state index contributed by atoms with van der Waals surface area (Å²) in [5.74, 6) is 0.766. The number of hydrogen-bond donors (Lipinski definition) is 2. The number of hydrogen-bond acceptors (Lipinski definition) is 5. The first kappa shape index (κ1) is 13.8. The number of aromatic nitrogens is 2. The van der Waals surface area contributed by atoms with Gasteiger partial charge in [0.05, 0.1) is 11.4 Å². The predicted molar refractivity (Wildman–Crippen MR) is 83.3 cm³/mol. The van der Waals surface area contributed by atoms with Gasteiger partial charge in [0.15, 0.2) is 0 Å². The fraction of sp³-hybridized carbons (Fsp3) is 0.0625. The fourth-order valence-corrected chi connectivity index (χ4v) is 1.99. The number of para-hydroxylation sites is 2. The van der Waals surface area contributed by atoms with E-state index < -0.39 is 0 Å². The van der Waals surface area contributed by atoms with E-state index in [1.807, 2.05) is 12.1 Å². The van der Waals surface area contributed by atoms with Crippen molar-refractivity contribution in [2.24, 2.45) is 0 Å². The largest absolute Gasteiger partial charge is 0.397 e. The minimum Gasteiger partial charge on any atom is -0.397 e. The summed E-state index contributed by atoms with van der Waals surface area (Å²) in [6.07, 6.45) is 0. The van der Waals surface area contributed by atoms with E-state index in [9.17, 15) is 4.79 Å². The van der Waals surface area contributed by atoms with E-state index in [0.717, 1.165) is 5.56 Å². The van der Waals surface area contributed by atoms with Gasteiger partial charge in [-0.2, -0.15) is 4.98 Å². The highest BCUT2D eigenvalue weighted by Gasteiger charge is 2.10. The Kier molecular flexibility index (Phi) is 3.57. The molecule has 3 N–H and O–H groups in total. The van der Waals surface area contributed by atoms with E-state index in [-0.39, 0.29) is 5.91 Å². The number of benzene rings is 2. The van der Waals surface area contributed by atoms with Crippen molar-refractivity contribution in [3.63, 3.8) is 0 Å². The second kappa shape index (κ2) is 5.69. The van der Waals surface area contributed by atoms with Crippen LogP contribution in [-0.4, -0.2) is 16.0 Å². The lowest BCUT2D eigenvalue weighted by Gasteiger charge is -2.08. The van der Waals surface area contributed by atoms with Gasteiger partial charge in [0.1, 0.15) is 0 Å². The minimum atomic E-state index is -0.228. The first-order valence-corrected chi connectivity index (χ1v) is 6.70. The molecule has 1 heterocycles. The molecular formula is C16H14N4O2. The number of amides is 1. The second-order valence-corrected chi connectivity index (χ2v) is 4.76. The topological polar surface area (TPSA) is 94.0 Å². The highest BCUT2D eigenvalue weighted by Crippen LogP contribution is 2.19. The predicted octanol–water partition coefficient (Wildman–Crippen LogP) is 2.88. The van der Waals surface area contributed by atoms with Crippen molar-refractivity contribution in [3.8, 4) is 11.4 Å². The van der Waals surface area contributed by atoms with Gasteiger partial charge in [0.2, 0.25) is 11.7 Å². The summed E-state index contributed by atoms with van der Waals surface area (Å²) in [6.45, 7) is 1.72. The van der Waals surface area contributed by atoms with Crippen LogP contribution < -0.4 is 11.1 Å². The summed E-state index contributed by atoms with van der Waals surface area (Å²) in [6, 6.07) is 14.1. The van der Waals surface area contributed by atoms with E-state index in [2.05, 4.69) is 15.5 Å². The third-order valence-electron chi connectivity index (χ3n) is 3.14. The van der Waals surface area contributed by atoms with Crippen molar-refractivity contribution in [2.75, 3.05) is 11.1 Å². The molecule has 2 aromatic carbocycles. The van der Waals surface area contributed by atoms with Crippen LogP contribution in [0.2, 0.25) is 0 Å². The minimum absolute atomic E-state index is 0.228. The van der Waals surface area contributed by atoms with Gasteiger partial charge in [-0.05, 0) is 24.3 Å². The van der Waals surface area contributed by atoms with Crippen LogP contribution >= 0.6 is 0 Å². The zero-order chi connectivity index (χ0) is 15.5. The molecule has 0 aliphatic carbocycles. The molecule has 22 heavy (non-hydrogen) atoms. The summed E-state index contributed by atoms with van der Waals surface area (Å²) in [5, 5.41) is 6.61. The standard InChI is InChI=1S/C16H14N4O2/c1-10-18-15(20-22-10)11-6-8-12(9-7-11)16(21)19-14-5-3-2-4-13(14)17/h2-9H,17H2,1H3,(H,19,21). The molecule has 1 amide bonds. The molecule has 0 spiro atoms. The Morgan fingerprint density at radius 3 is 2.50 bits per heavy atom. The summed E-state index contributed by atoms with van der Waals surface area (Å²) in [5.41, 5.74) is 8.22. The van der Waals surface area contributed by atoms with Gasteiger partial charge in [0, 0.05) is 18.1 Å². The zero-order valence-corrected chi connectivity index (χ0v) is 11.9. The molecule has 0 saturated heterocycles. The van der Waals surface area contributed by atoms with Crippen molar-refractivity contribution < 1.29 is 9.32 Å². The third kappa shape index (κ3) is 2.80. The van der Waals surface area contributed by atoms with Crippen LogP contribution in [-0.2, 0) is 0 Å². The molecule has 110 valence electrons. The number of anilines is 2. The summed E-state index contributed by atoms with van der Waals surface area (Å²) in [4.78, 5) is 16.3. The molecule has 1 aromatic heterocycles. The van der Waals surface area contributed by atoms with Crippen LogP contribution in [0.3, 0.4) is 0 Å². The van der Waals surface area contributed by atoms with Crippen molar-refractivity contribution >= 4 is 17.3 Å². The van der Waals surface area contributed by atoms with Crippen molar-refractivity contribution in [1.29, 1.82) is 0 Å². The Balaban J connectivity index is 1.78. The Hall–Kier alpha value is -3.15. The molecule has 0 aliphatic heterocycles. The van der Waals surface area contributed by atoms with Crippen LogP contribution in [0.25, 0.3) is 11.4 Å². The number of rotatable bonds is 3. The lowest BCUT2D eigenvalue weighted by atomic mass is 10.1. The van der Waals surface area contributed by atoms with Crippen LogP contribution in [0.15, 0.2) is 53.1 Å². The second-order valence-electron chi connectivity index (χ2n) is 4.76. The quantitative estimate of drug-likeness (QED) is 0.724. The van der Waals surface area contributed by atoms with Crippen LogP contribution in [0.1, 0.15) is 16.2 Å². The maximum absolute atomic E-state index is 12.2. The zero-order valence-electron chi connectivity index (χ0n) is 11.9. The average Bonchev–Trinajstić information content (AvgIpc) is 2.96. The maximum Gasteiger partial charge on any atom is 0.255 e. The van der Waals surface area contributed by atoms with E-state index in [0.29, 0.717) is 28.7 Å². The van der Waals surface area contributed by atoms with Gasteiger partial charge >= 0.3 is 0 Å². The number of carbonyl (C=O) groups is 1. The van der Waals surface area contributed by atoms with Gasteiger partial charge in [-0.3, -0.25) is 4.79 Å². The van der Waals surface area contributed by atoms with Crippen molar-refractivity contribution in [1.82, 2.24) is 10.1 Å². The normalized spacial score (nSPS) is 10.4. The first-order chi connectivity index (χ1) is 10.6. The number of nitrogens with two attached hydrogens (primary N) is 1. The third-order valence-corrected chi connectivity index (χ3v) is 3.14. The van der Waals surface area contributed by atoms with Crippen LogP contribution in [0.5, 0.6) is 0 Å². The Morgan fingerprint density at radius 1 is 1.14 bits per heavy atom. The molecule has 0 bridgehead atoms. The molecule has 0 atom stereocenters. The highest BCUT2D eigenvalue weighted by atomic mass is 16.5. The lowest BCUT2D eigenvalue weighted by molar-refractivity contribution is 0.102. The van der Waals surface area contributed by atoms with Crippen LogP contribution in [0, 0.1) is 6.92 Å². The Morgan fingerprint density at radius 2 is 1.86 bits per heavy atom. The van der Waals surface area contributed by atoms with E-state index in [1.165, 1.54) is 0 Å². The van der Waals surface area contributed by atoms with Crippen molar-refractivity contribution in [2.45, 2.75) is 6.92 Å². The van der Waals surface area contributed by atoms with Gasteiger partial charge in [0.25, 0.3) is 5.91 Å². The number of carbonyl (C=O) groups excluding carboxylic acids is 1. The summed E-state index contributed by atoms with van der Waals surface area (Å²) >= 11 is 0. The van der Waals surface area contributed by atoms with Gasteiger partial charge in [-0.15, -0.1) is 0 Å². The molecule has 0 aliphatic rings. The molecule has 0 saturated carbocycles. The number of nitrogen functional groups attached to an aromatic ring is 1. The van der Waals surface area contributed by atoms with Gasteiger partial charge < -0.3 is 15.6 Å². The Labute approximate surface area is 127 Å². The molecular weight excluding hydrogens is 280 g/mol. The molecule has 0 unspecified atom stereocenters. The summed E-state index contributed by atoms with van der Waals surface area (Å²) < 4.78 is 4.93. The molecule has 0 fully saturated rings. The maximum atomic E-state index is 12.2. The highest BCUT2D eigenvalue weighted by molar-refractivity contribution is 6.05. The van der Waals surface area contributed by atoms with Crippen LogP contribution in [0.4, 0.5) is 11.4 Å². The molecule has 3 aromatic rings. The van der Waals surface area contributed by atoms with Crippen molar-refractivity contribution in [3.05, 3.63) is 60.0 Å². The van der Waals surface area contributed by atoms with E-state index in [1.54, 1.807) is 43.3 Å². The van der Waals surface area contributed by atoms with Gasteiger partial charge in [-0.1, -0.05) is 29.4 Å². The number of aryl methyl sites for hydroxylation is 1. The average molecular weight is 294 g/mol. The Bertz CT molecular complexity index is 809. The monoisotopic (exact) mass is 294 g/mol. The molecule has 6 nitrogen and oxygen atoms in total. The SMILES string of the molecule is Cc1nc(-c2ccc(C(=O)Nc3ccccc3N)cc2)no1. The smallest absolute Gasteiger partial charge is 0.255 e. The van der Waals surface area contributed by atoms with E-state index in [4.69, 9.17) is 10.3 Å². The number of nitrogens with zero attached hydrogens (tertiary/aromatic N) is 2. The number of nitrogens with one attached hydrogen (secondary N) is 1. The fourth-order valence-electron chi connectivity index (χ4n) is 1.99. The van der Waals surface area contributed by atoms with Gasteiger partial charge in [-0.25, -0.2) is 0 Å². The summed E-state index contributed by atoms with van der Waals surface area (Å²) in [7, 11) is 0. The molecule has 0 radical (unpaired) electrons. The molecule has 3 rings (SSSR count). The first-order valence-electron chi connectivity index (χ1n) is 6.70. The lowest BCUT2D eigenvalue weighted by Crippen LogP contribution is -2.12. The molecule has 6 heteroatoms.